The number of rotatable bonds is 2. The van der Waals surface area contributed by atoms with Gasteiger partial charge in [0.1, 0.15) is 18.8 Å². The molecule has 0 aromatic rings. The third-order valence-corrected chi connectivity index (χ3v) is 5.38. The van der Waals surface area contributed by atoms with Gasteiger partial charge in [-0.25, -0.2) is 8.37 Å². The van der Waals surface area contributed by atoms with Gasteiger partial charge in [-0.1, -0.05) is 0 Å². The van der Waals surface area contributed by atoms with Crippen molar-refractivity contribution in [2.75, 3.05) is 6.61 Å². The number of aliphatic hydroxyl groups is 4. The monoisotopic (exact) mass is 395 g/mol. The molecule has 2 rings (SSSR count). The van der Waals surface area contributed by atoms with Crippen molar-refractivity contribution >= 4 is 26.7 Å². The average molecular weight is 395 g/mol. The van der Waals surface area contributed by atoms with Crippen LogP contribution in [0.5, 0.6) is 0 Å². The van der Waals surface area contributed by atoms with Gasteiger partial charge in [-0.15, -0.1) is 3.63 Å². The van der Waals surface area contributed by atoms with E-state index in [0.29, 0.717) is 0 Å². The number of carbonyl (C=O) groups excluding carboxylic acids is 1. The number of hydrogen-bond donors (Lipinski definition) is 5. The van der Waals surface area contributed by atoms with Gasteiger partial charge in [0.25, 0.3) is 11.6 Å². The van der Waals surface area contributed by atoms with Crippen molar-refractivity contribution in [1.82, 2.24) is 5.32 Å². The highest BCUT2D eigenvalue weighted by atomic mass is 32.3. The highest BCUT2D eigenvalue weighted by Crippen LogP contribution is 2.44. The third-order valence-electron chi connectivity index (χ3n) is 3.12. The summed E-state index contributed by atoms with van der Waals surface area (Å²) in [6.45, 7) is -0.658. The van der Waals surface area contributed by atoms with Crippen LogP contribution in [0.4, 0.5) is 0 Å². The highest BCUT2D eigenvalue weighted by Gasteiger charge is 2.72. The van der Waals surface area contributed by atoms with Gasteiger partial charge in [0.15, 0.2) is 6.29 Å². The molecule has 140 valence electrons. The fourth-order valence-electron chi connectivity index (χ4n) is 2.18. The van der Waals surface area contributed by atoms with Gasteiger partial charge in [0.05, 0.1) is 0 Å². The van der Waals surface area contributed by atoms with Crippen molar-refractivity contribution in [1.29, 1.82) is 0 Å². The average Bonchev–Trinajstić information content (AvgIpc) is 2.44. The van der Waals surface area contributed by atoms with Gasteiger partial charge in [0, 0.05) is 6.92 Å². The van der Waals surface area contributed by atoms with Crippen molar-refractivity contribution in [2.24, 2.45) is 0 Å². The summed E-state index contributed by atoms with van der Waals surface area (Å²) >= 11 is 0. The van der Waals surface area contributed by atoms with E-state index in [2.05, 4.69) is 16.7 Å². The number of ether oxygens (including phenoxy) is 1. The van der Waals surface area contributed by atoms with Gasteiger partial charge >= 0.3 is 20.8 Å². The van der Waals surface area contributed by atoms with Crippen molar-refractivity contribution in [3.8, 4) is 0 Å². The van der Waals surface area contributed by atoms with Crippen LogP contribution in [-0.4, -0.2) is 79.8 Å². The molecule has 2 saturated heterocycles. The summed E-state index contributed by atoms with van der Waals surface area (Å²) in [6, 6.07) is -1.88. The van der Waals surface area contributed by atoms with Crippen LogP contribution >= 0.6 is 0 Å². The predicted molar refractivity (Wildman–Crippen MR) is 66.6 cm³/mol. The van der Waals surface area contributed by atoms with Crippen molar-refractivity contribution in [3.63, 3.8) is 0 Å². The molecule has 1 unspecified atom stereocenters. The minimum absolute atomic E-state index is 0.844. The fourth-order valence-corrected chi connectivity index (χ4v) is 4.30. The van der Waals surface area contributed by atoms with E-state index < -0.39 is 63.3 Å². The van der Waals surface area contributed by atoms with E-state index in [0.717, 1.165) is 6.92 Å². The van der Waals surface area contributed by atoms with Crippen LogP contribution in [0.1, 0.15) is 6.92 Å². The molecule has 2 heterocycles. The second kappa shape index (κ2) is 5.80. The summed E-state index contributed by atoms with van der Waals surface area (Å²) in [5.41, 5.74) is 0. The van der Waals surface area contributed by atoms with Crippen LogP contribution in [0.3, 0.4) is 0 Å². The van der Waals surface area contributed by atoms with E-state index in [9.17, 15) is 42.1 Å². The highest BCUT2D eigenvalue weighted by molar-refractivity contribution is 7.95. The second-order valence-electron chi connectivity index (χ2n) is 4.84. The van der Waals surface area contributed by atoms with Crippen molar-refractivity contribution in [2.45, 2.75) is 36.9 Å². The lowest BCUT2D eigenvalue weighted by Gasteiger charge is -2.50. The molecule has 5 atom stereocenters. The summed E-state index contributed by atoms with van der Waals surface area (Å²) in [7, 11) is -11.0. The first-order chi connectivity index (χ1) is 10.8. The van der Waals surface area contributed by atoms with Gasteiger partial charge < -0.3 is 30.5 Å². The largest absolute Gasteiger partial charge is 0.419 e. The zero-order chi connectivity index (χ0) is 18.6. The number of amides is 1. The molecule has 0 saturated carbocycles. The summed E-state index contributed by atoms with van der Waals surface area (Å²) in [4.78, 5) is 11.1. The van der Waals surface area contributed by atoms with E-state index in [4.69, 9.17) is 0 Å². The smallest absolute Gasteiger partial charge is 0.390 e. The zero-order valence-corrected chi connectivity index (χ0v) is 13.4. The van der Waals surface area contributed by atoms with E-state index in [1.165, 1.54) is 0 Å². The predicted octanol–water partition coefficient (Wildman–Crippen LogP) is -4.87. The zero-order valence-electron chi connectivity index (χ0n) is 11.7. The van der Waals surface area contributed by atoms with Crippen LogP contribution in [-0.2, 0) is 42.3 Å². The van der Waals surface area contributed by atoms with Gasteiger partial charge in [-0.3, -0.25) is 4.79 Å². The third kappa shape index (κ3) is 3.12. The Morgan fingerprint density at radius 3 is 2.21 bits per heavy atom. The molecule has 2 aliphatic heterocycles. The van der Waals surface area contributed by atoms with Gasteiger partial charge in [0.2, 0.25) is 5.91 Å². The van der Waals surface area contributed by atoms with Crippen LogP contribution in [0.15, 0.2) is 0 Å². The molecular formula is C8H13NO13S2. The molecule has 1 amide bonds. The van der Waals surface area contributed by atoms with Gasteiger partial charge in [-0.2, -0.15) is 16.8 Å². The lowest BCUT2D eigenvalue weighted by molar-refractivity contribution is -0.440. The molecule has 5 N–H and O–H groups in total. The molecule has 2 fully saturated rings. The van der Waals surface area contributed by atoms with Crippen LogP contribution < -0.4 is 5.32 Å². The van der Waals surface area contributed by atoms with E-state index >= 15 is 0 Å². The Bertz CT molecular complexity index is 733. The molecule has 14 nitrogen and oxygen atoms in total. The Hall–Kier alpha value is -0.950. The lowest BCUT2D eigenvalue weighted by Crippen LogP contribution is -2.77. The first-order valence-electron chi connectivity index (χ1n) is 6.04. The first kappa shape index (κ1) is 19.4. The topological polar surface area (TPSA) is 215 Å². The van der Waals surface area contributed by atoms with Crippen molar-refractivity contribution in [3.05, 3.63) is 0 Å². The molecule has 16 heteroatoms. The Morgan fingerprint density at radius 2 is 1.71 bits per heavy atom. The standard InChI is InChI=1S/C8H13NO13S2/c1-3(11)9-4-5(12)8(14)7(2-10,19-6(4)13)20-23(15,16)22-24(17,18)21-8/h4-6,10,12-14H,2H2,1H3,(H,9,11)/t4-,5-,6?,7-,8-/m1/s1. The Labute approximate surface area is 135 Å². The van der Waals surface area contributed by atoms with Crippen LogP contribution in [0.25, 0.3) is 0 Å². The first-order valence-corrected chi connectivity index (χ1v) is 8.71. The SMILES string of the molecule is CC(=O)N[C@H]1C(O)O[C@]2(CO)OS(=O)(=O)OS(=O)(=O)O[C@]2(O)[C@@H]1O. The molecule has 24 heavy (non-hydrogen) atoms. The summed E-state index contributed by atoms with van der Waals surface area (Å²) in [5, 5.41) is 41.6. The molecule has 0 radical (unpaired) electrons. The number of fused-ring (bicyclic) bond motifs is 1. The molecule has 0 spiro atoms. The molecular weight excluding hydrogens is 382 g/mol. The number of hydrogen-bond acceptors (Lipinski definition) is 13. The Kier molecular flexibility index (Phi) is 4.68. The van der Waals surface area contributed by atoms with Crippen LogP contribution in [0.2, 0.25) is 0 Å². The van der Waals surface area contributed by atoms with E-state index in [1.54, 1.807) is 0 Å². The maximum atomic E-state index is 11.5. The fraction of sp³-hybridized carbons (Fsp3) is 0.875. The molecule has 0 bridgehead atoms. The maximum absolute atomic E-state index is 11.5. The number of carbonyl (C=O) groups is 1. The maximum Gasteiger partial charge on any atom is 0.419 e. The van der Waals surface area contributed by atoms with E-state index in [-0.39, 0.29) is 0 Å². The summed E-state index contributed by atoms with van der Waals surface area (Å²) < 4.78 is 62.4. The molecule has 0 aromatic heterocycles. The summed E-state index contributed by atoms with van der Waals surface area (Å²) in [5.74, 6) is -7.78. The second-order valence-corrected chi connectivity index (χ2v) is 7.35. The quantitative estimate of drug-likeness (QED) is 0.297. The van der Waals surface area contributed by atoms with Gasteiger partial charge in [-0.05, 0) is 0 Å². The summed E-state index contributed by atoms with van der Waals surface area (Å²) in [6.07, 6.45) is -4.78. The minimum Gasteiger partial charge on any atom is -0.390 e. The number of nitrogens with one attached hydrogen (secondary N) is 1. The van der Waals surface area contributed by atoms with Crippen LogP contribution in [0, 0.1) is 0 Å². The van der Waals surface area contributed by atoms with Crippen molar-refractivity contribution < 1.29 is 58.8 Å². The normalized spacial score (nSPS) is 44.1. The lowest BCUT2D eigenvalue weighted by atomic mass is 9.90. The van der Waals surface area contributed by atoms with E-state index in [1.807, 2.05) is 5.32 Å². The molecule has 2 aliphatic rings. The number of aliphatic hydroxyl groups excluding tert-OH is 3. The Morgan fingerprint density at radius 1 is 1.17 bits per heavy atom. The Balaban J connectivity index is 2.62. The minimum atomic E-state index is -5.51. The molecule has 0 aromatic carbocycles. The molecule has 0 aliphatic carbocycles.